The van der Waals surface area contributed by atoms with E-state index in [4.69, 9.17) is 13.3 Å². The van der Waals surface area contributed by atoms with E-state index in [-0.39, 0.29) is 0 Å². The largest absolute Gasteiger partial charge is 0.420 e. The highest BCUT2D eigenvalue weighted by molar-refractivity contribution is 6.74. The van der Waals surface area contributed by atoms with Crippen LogP contribution in [0, 0.1) is 0 Å². The number of hydrogen-bond acceptors (Lipinski definition) is 3. The van der Waals surface area contributed by atoms with Crippen molar-refractivity contribution in [1.29, 1.82) is 0 Å². The van der Waals surface area contributed by atoms with E-state index < -0.39 is 16.9 Å². The van der Waals surface area contributed by atoms with Crippen LogP contribution in [0.25, 0.3) is 0 Å². The smallest absolute Gasteiger partial charge is 0.337 e. The van der Waals surface area contributed by atoms with Gasteiger partial charge in [0.1, 0.15) is 0 Å². The first kappa shape index (κ1) is 17.3. The van der Waals surface area contributed by atoms with Gasteiger partial charge in [-0.1, -0.05) is 27.2 Å². The molecule has 0 radical (unpaired) electrons. The summed E-state index contributed by atoms with van der Waals surface area (Å²) in [5.41, 5.74) is 0. The molecule has 0 N–H and O–H groups in total. The van der Waals surface area contributed by atoms with Crippen molar-refractivity contribution >= 4 is 16.9 Å². The van der Waals surface area contributed by atoms with E-state index >= 15 is 0 Å². The van der Waals surface area contributed by atoms with Gasteiger partial charge in [-0.3, -0.25) is 0 Å². The maximum Gasteiger partial charge on any atom is 0.337 e. The molecule has 0 atom stereocenters. The molecule has 0 aromatic heterocycles. The Hall–Kier alpha value is 0.314. The van der Waals surface area contributed by atoms with Crippen molar-refractivity contribution in [2.75, 3.05) is 21.3 Å². The molecule has 0 aliphatic heterocycles. The first-order valence-electron chi connectivity index (χ1n) is 6.73. The lowest BCUT2D eigenvalue weighted by atomic mass is 10.6. The molecule has 0 fully saturated rings. The molecule has 0 aliphatic carbocycles. The van der Waals surface area contributed by atoms with E-state index in [0.717, 1.165) is 12.1 Å². The van der Waals surface area contributed by atoms with Gasteiger partial charge in [-0.25, -0.2) is 0 Å². The van der Waals surface area contributed by atoms with Gasteiger partial charge < -0.3 is 13.3 Å². The molecule has 104 valence electrons. The van der Waals surface area contributed by atoms with Crippen molar-refractivity contribution in [3.8, 4) is 0 Å². The summed E-state index contributed by atoms with van der Waals surface area (Å²) < 4.78 is 17.1. The van der Waals surface area contributed by atoms with Crippen molar-refractivity contribution in [2.45, 2.75) is 57.4 Å². The molecule has 0 saturated heterocycles. The molecule has 0 unspecified atom stereocenters. The van der Waals surface area contributed by atoms with Gasteiger partial charge in [0, 0.05) is 21.3 Å². The van der Waals surface area contributed by atoms with Gasteiger partial charge in [-0.2, -0.15) is 0 Å². The molecule has 0 rings (SSSR count). The van der Waals surface area contributed by atoms with E-state index in [1.165, 1.54) is 24.6 Å². The van der Waals surface area contributed by atoms with Crippen molar-refractivity contribution in [2.24, 2.45) is 0 Å². The standard InChI is InChI=1S/C12H30O3Si2/c1-7-16(8-2,13-4)11-10-12-17(9-3,14-5)15-6/h7-12H2,1-6H3. The molecule has 17 heavy (non-hydrogen) atoms. The molecule has 0 saturated carbocycles. The molecule has 0 aromatic carbocycles. The van der Waals surface area contributed by atoms with Gasteiger partial charge in [0.15, 0.2) is 8.32 Å². The fourth-order valence-electron chi connectivity index (χ4n) is 2.43. The van der Waals surface area contributed by atoms with E-state index in [0.29, 0.717) is 0 Å². The Morgan fingerprint density at radius 3 is 1.53 bits per heavy atom. The highest BCUT2D eigenvalue weighted by Crippen LogP contribution is 2.27. The first-order valence-corrected chi connectivity index (χ1v) is 11.5. The third-order valence-corrected chi connectivity index (χ3v) is 12.6. The second kappa shape index (κ2) is 8.42. The Bertz CT molecular complexity index is 156. The zero-order chi connectivity index (χ0) is 13.4. The fraction of sp³-hybridized carbons (Fsp3) is 1.00. The van der Waals surface area contributed by atoms with E-state index in [9.17, 15) is 0 Å². The summed E-state index contributed by atoms with van der Waals surface area (Å²) in [5.74, 6) is 0. The summed E-state index contributed by atoms with van der Waals surface area (Å²) in [4.78, 5) is 0. The zero-order valence-corrected chi connectivity index (χ0v) is 14.5. The molecule has 0 bridgehead atoms. The Balaban J connectivity index is 4.28. The SMILES string of the molecule is CC[Si](CC)(CCC[Si](CC)(OC)OC)OC. The van der Waals surface area contributed by atoms with Crippen LogP contribution in [-0.4, -0.2) is 38.2 Å². The third kappa shape index (κ3) is 4.83. The fourth-order valence-corrected chi connectivity index (χ4v) is 7.81. The van der Waals surface area contributed by atoms with E-state index in [1.54, 1.807) is 14.2 Å². The summed E-state index contributed by atoms with van der Waals surface area (Å²) in [7, 11) is 2.14. The molecule has 0 amide bonds. The van der Waals surface area contributed by atoms with Gasteiger partial charge in [0.05, 0.1) is 0 Å². The topological polar surface area (TPSA) is 27.7 Å². The summed E-state index contributed by atoms with van der Waals surface area (Å²) in [5, 5.41) is 0. The third-order valence-electron chi connectivity index (χ3n) is 4.19. The molecule has 0 aliphatic rings. The maximum atomic E-state index is 5.82. The van der Waals surface area contributed by atoms with E-state index in [2.05, 4.69) is 20.8 Å². The van der Waals surface area contributed by atoms with Crippen LogP contribution < -0.4 is 0 Å². The van der Waals surface area contributed by atoms with Gasteiger partial charge in [0.25, 0.3) is 0 Å². The van der Waals surface area contributed by atoms with Crippen LogP contribution in [0.15, 0.2) is 0 Å². The van der Waals surface area contributed by atoms with Crippen LogP contribution in [0.3, 0.4) is 0 Å². The lowest BCUT2D eigenvalue weighted by Gasteiger charge is -2.30. The second-order valence-electron chi connectivity index (χ2n) is 4.62. The summed E-state index contributed by atoms with van der Waals surface area (Å²) in [6.45, 7) is 6.69. The lowest BCUT2D eigenvalue weighted by molar-refractivity contribution is 0.242. The monoisotopic (exact) mass is 278 g/mol. The van der Waals surface area contributed by atoms with Crippen LogP contribution >= 0.6 is 0 Å². The Kier molecular flexibility index (Phi) is 8.58. The van der Waals surface area contributed by atoms with Gasteiger partial charge in [0.2, 0.25) is 0 Å². The minimum Gasteiger partial charge on any atom is -0.420 e. The molecular formula is C12H30O3Si2. The van der Waals surface area contributed by atoms with Crippen molar-refractivity contribution < 1.29 is 13.3 Å². The summed E-state index contributed by atoms with van der Waals surface area (Å²) in [6.07, 6.45) is 1.18. The summed E-state index contributed by atoms with van der Waals surface area (Å²) in [6, 6.07) is 5.77. The zero-order valence-electron chi connectivity index (χ0n) is 12.5. The molecule has 5 heteroatoms. The normalized spacial score (nSPS) is 13.1. The summed E-state index contributed by atoms with van der Waals surface area (Å²) >= 11 is 0. The Labute approximate surface area is 109 Å². The van der Waals surface area contributed by atoms with Gasteiger partial charge in [-0.15, -0.1) is 0 Å². The molecular weight excluding hydrogens is 248 g/mol. The van der Waals surface area contributed by atoms with Crippen molar-refractivity contribution in [3.05, 3.63) is 0 Å². The molecule has 0 heterocycles. The van der Waals surface area contributed by atoms with Crippen LogP contribution in [-0.2, 0) is 13.3 Å². The quantitative estimate of drug-likeness (QED) is 0.569. The predicted octanol–water partition coefficient (Wildman–Crippen LogP) is 3.76. The van der Waals surface area contributed by atoms with Crippen LogP contribution in [0.5, 0.6) is 0 Å². The van der Waals surface area contributed by atoms with Crippen LogP contribution in [0.2, 0.25) is 30.2 Å². The minimum absolute atomic E-state index is 1.03. The maximum absolute atomic E-state index is 5.82. The first-order chi connectivity index (χ1) is 8.07. The van der Waals surface area contributed by atoms with E-state index in [1.807, 2.05) is 7.11 Å². The predicted molar refractivity (Wildman–Crippen MR) is 78.2 cm³/mol. The Morgan fingerprint density at radius 1 is 0.706 bits per heavy atom. The van der Waals surface area contributed by atoms with Crippen LogP contribution in [0.4, 0.5) is 0 Å². The molecule has 3 nitrogen and oxygen atoms in total. The van der Waals surface area contributed by atoms with Crippen molar-refractivity contribution in [1.82, 2.24) is 0 Å². The minimum atomic E-state index is -1.89. The highest BCUT2D eigenvalue weighted by atomic mass is 28.4. The number of rotatable bonds is 10. The van der Waals surface area contributed by atoms with Crippen LogP contribution in [0.1, 0.15) is 27.2 Å². The Morgan fingerprint density at radius 2 is 1.24 bits per heavy atom. The average molecular weight is 279 g/mol. The molecule has 0 aromatic rings. The molecule has 0 spiro atoms. The number of hydrogen-bond donors (Lipinski definition) is 0. The highest BCUT2D eigenvalue weighted by Gasteiger charge is 2.35. The van der Waals surface area contributed by atoms with Gasteiger partial charge in [-0.05, 0) is 30.2 Å². The van der Waals surface area contributed by atoms with Crippen molar-refractivity contribution in [3.63, 3.8) is 0 Å². The van der Waals surface area contributed by atoms with Gasteiger partial charge >= 0.3 is 8.56 Å². The lowest BCUT2D eigenvalue weighted by Crippen LogP contribution is -2.40. The second-order valence-corrected chi connectivity index (χ2v) is 13.2. The average Bonchev–Trinajstić information content (AvgIpc) is 2.41.